The average molecular weight is 346 g/mol. The molecule has 0 radical (unpaired) electrons. The first-order chi connectivity index (χ1) is 10.8. The van der Waals surface area contributed by atoms with Crippen molar-refractivity contribution in [3.8, 4) is 17.0 Å². The molecule has 0 fully saturated rings. The Morgan fingerprint density at radius 2 is 1.83 bits per heavy atom. The fourth-order valence-corrected chi connectivity index (χ4v) is 1.88. The second kappa shape index (κ2) is 6.87. The minimum absolute atomic E-state index is 0.0446. The number of aromatic nitrogens is 1. The zero-order chi connectivity index (χ0) is 17.0. The van der Waals surface area contributed by atoms with Gasteiger partial charge in [0.2, 0.25) is 0 Å². The Balaban J connectivity index is 2.44. The van der Waals surface area contributed by atoms with E-state index in [9.17, 15) is 18.0 Å². The maximum absolute atomic E-state index is 12.4. The van der Waals surface area contributed by atoms with Gasteiger partial charge < -0.3 is 9.47 Å². The summed E-state index contributed by atoms with van der Waals surface area (Å²) in [5.74, 6) is -0.806. The van der Waals surface area contributed by atoms with Crippen LogP contribution in [0.3, 0.4) is 0 Å². The lowest BCUT2D eigenvalue weighted by Crippen LogP contribution is -2.19. The van der Waals surface area contributed by atoms with Gasteiger partial charge in [-0.05, 0) is 24.3 Å². The van der Waals surface area contributed by atoms with E-state index in [2.05, 4.69) is 9.72 Å². The zero-order valence-electron chi connectivity index (χ0n) is 11.9. The van der Waals surface area contributed by atoms with E-state index in [1.54, 1.807) is 24.3 Å². The lowest BCUT2D eigenvalue weighted by atomic mass is 10.1. The van der Waals surface area contributed by atoms with Gasteiger partial charge in [0.25, 0.3) is 0 Å². The molecular weight excluding hydrogens is 335 g/mol. The van der Waals surface area contributed by atoms with Crippen LogP contribution in [-0.2, 0) is 4.74 Å². The number of carbonyl (C=O) groups excluding carboxylic acids is 1. The molecule has 0 aliphatic carbocycles. The number of benzene rings is 1. The molecule has 1 aromatic carbocycles. The number of esters is 1. The number of halogens is 4. The topological polar surface area (TPSA) is 48.4 Å². The van der Waals surface area contributed by atoms with Crippen molar-refractivity contribution in [1.29, 1.82) is 0 Å². The van der Waals surface area contributed by atoms with E-state index < -0.39 is 18.8 Å². The Bertz CT molecular complexity index is 702. The number of methoxy groups -OCH3 is 1. The van der Waals surface area contributed by atoms with Gasteiger partial charge in [0.05, 0.1) is 7.11 Å². The van der Waals surface area contributed by atoms with Crippen LogP contribution < -0.4 is 4.74 Å². The fraction of sp³-hybridized carbons (Fsp3) is 0.200. The van der Waals surface area contributed by atoms with E-state index in [-0.39, 0.29) is 17.1 Å². The van der Waals surface area contributed by atoms with Crippen molar-refractivity contribution >= 4 is 17.6 Å². The van der Waals surface area contributed by atoms with E-state index in [1.165, 1.54) is 19.2 Å². The van der Waals surface area contributed by atoms with Gasteiger partial charge >= 0.3 is 12.1 Å². The summed E-state index contributed by atoms with van der Waals surface area (Å²) < 4.78 is 46.4. The van der Waals surface area contributed by atoms with Gasteiger partial charge in [-0.3, -0.25) is 0 Å². The summed E-state index contributed by atoms with van der Waals surface area (Å²) in [6.45, 7) is -1.47. The molecule has 8 heteroatoms. The minimum atomic E-state index is -4.49. The molecule has 0 unspecified atom stereocenters. The third kappa shape index (κ3) is 4.59. The average Bonchev–Trinajstić information content (AvgIpc) is 2.52. The normalized spacial score (nSPS) is 11.2. The SMILES string of the molecule is COC(=O)c1ccc(OCC(F)(F)F)c(-c2ccc(Cl)cc2)n1. The highest BCUT2D eigenvalue weighted by Gasteiger charge is 2.29. The van der Waals surface area contributed by atoms with E-state index in [1.807, 2.05) is 0 Å². The number of ether oxygens (including phenoxy) is 2. The van der Waals surface area contributed by atoms with E-state index in [0.29, 0.717) is 10.6 Å². The first kappa shape index (κ1) is 17.1. The first-order valence-electron chi connectivity index (χ1n) is 6.35. The van der Waals surface area contributed by atoms with Gasteiger partial charge in [0.1, 0.15) is 17.1 Å². The number of pyridine rings is 1. The third-order valence-electron chi connectivity index (χ3n) is 2.76. The second-order valence-electron chi connectivity index (χ2n) is 4.45. The molecule has 2 rings (SSSR count). The van der Waals surface area contributed by atoms with E-state index >= 15 is 0 Å². The highest BCUT2D eigenvalue weighted by molar-refractivity contribution is 6.30. The van der Waals surface area contributed by atoms with Crippen LogP contribution in [-0.4, -0.2) is 30.8 Å². The number of rotatable bonds is 4. The Morgan fingerprint density at radius 1 is 1.17 bits per heavy atom. The van der Waals surface area contributed by atoms with Crippen LogP contribution in [0.1, 0.15) is 10.5 Å². The Kier molecular flexibility index (Phi) is 5.10. The van der Waals surface area contributed by atoms with Gasteiger partial charge in [-0.25, -0.2) is 9.78 Å². The molecule has 0 N–H and O–H groups in total. The molecule has 0 bridgehead atoms. The highest BCUT2D eigenvalue weighted by atomic mass is 35.5. The van der Waals surface area contributed by atoms with Crippen molar-refractivity contribution in [3.63, 3.8) is 0 Å². The molecule has 0 spiro atoms. The molecule has 2 aromatic rings. The monoisotopic (exact) mass is 345 g/mol. The molecular formula is C15H11ClF3NO3. The van der Waals surface area contributed by atoms with E-state index in [0.717, 1.165) is 0 Å². The number of alkyl halides is 3. The lowest BCUT2D eigenvalue weighted by Gasteiger charge is -2.13. The van der Waals surface area contributed by atoms with Gasteiger partial charge in [0.15, 0.2) is 6.61 Å². The van der Waals surface area contributed by atoms with Crippen molar-refractivity contribution < 1.29 is 27.4 Å². The number of hydrogen-bond acceptors (Lipinski definition) is 4. The van der Waals surface area contributed by atoms with E-state index in [4.69, 9.17) is 16.3 Å². The molecule has 0 aliphatic heterocycles. The summed E-state index contributed by atoms with van der Waals surface area (Å²) in [4.78, 5) is 15.6. The second-order valence-corrected chi connectivity index (χ2v) is 4.88. The van der Waals surface area contributed by atoms with Crippen molar-refractivity contribution in [2.24, 2.45) is 0 Å². The van der Waals surface area contributed by atoms with Crippen molar-refractivity contribution in [2.45, 2.75) is 6.18 Å². The molecule has 0 aliphatic rings. The van der Waals surface area contributed by atoms with Crippen LogP contribution in [0, 0.1) is 0 Å². The fourth-order valence-electron chi connectivity index (χ4n) is 1.76. The molecule has 122 valence electrons. The van der Waals surface area contributed by atoms with Gasteiger partial charge in [0, 0.05) is 10.6 Å². The number of carbonyl (C=O) groups is 1. The molecule has 0 saturated carbocycles. The largest absolute Gasteiger partial charge is 0.482 e. The number of hydrogen-bond donors (Lipinski definition) is 0. The summed E-state index contributed by atoms with van der Waals surface area (Å²) in [6.07, 6.45) is -4.49. The molecule has 0 atom stereocenters. The molecule has 0 saturated heterocycles. The Morgan fingerprint density at radius 3 is 2.39 bits per heavy atom. The third-order valence-corrected chi connectivity index (χ3v) is 3.01. The molecule has 1 aromatic heterocycles. The summed E-state index contributed by atoms with van der Waals surface area (Å²) in [5.41, 5.74) is 0.503. The summed E-state index contributed by atoms with van der Waals surface area (Å²) in [5, 5.41) is 0.454. The predicted octanol–water partition coefficient (Wildman–Crippen LogP) is 4.13. The van der Waals surface area contributed by atoms with Crippen LogP contribution in [0.15, 0.2) is 36.4 Å². The van der Waals surface area contributed by atoms with Gasteiger partial charge in [-0.2, -0.15) is 13.2 Å². The smallest absolute Gasteiger partial charge is 0.422 e. The highest BCUT2D eigenvalue weighted by Crippen LogP contribution is 2.30. The van der Waals surface area contributed by atoms with Crippen molar-refractivity contribution in [2.75, 3.05) is 13.7 Å². The standard InChI is InChI=1S/C15H11ClF3NO3/c1-22-14(21)11-6-7-12(23-8-15(17,18)19)13(20-11)9-2-4-10(16)5-3-9/h2-7H,8H2,1H3. The molecule has 0 amide bonds. The van der Waals surface area contributed by atoms with Crippen molar-refractivity contribution in [3.05, 3.63) is 47.1 Å². The zero-order valence-corrected chi connectivity index (χ0v) is 12.6. The Labute approximate surface area is 134 Å². The van der Waals surface area contributed by atoms with Crippen molar-refractivity contribution in [1.82, 2.24) is 4.98 Å². The van der Waals surface area contributed by atoms with Crippen LogP contribution in [0.25, 0.3) is 11.3 Å². The van der Waals surface area contributed by atoms with Crippen LogP contribution in [0.2, 0.25) is 5.02 Å². The van der Waals surface area contributed by atoms with Crippen LogP contribution in [0.4, 0.5) is 13.2 Å². The molecule has 1 heterocycles. The minimum Gasteiger partial charge on any atom is -0.482 e. The maximum Gasteiger partial charge on any atom is 0.422 e. The van der Waals surface area contributed by atoms with Crippen LogP contribution in [0.5, 0.6) is 5.75 Å². The Hall–Kier alpha value is -2.28. The summed E-state index contributed by atoms with van der Waals surface area (Å²) in [7, 11) is 1.18. The maximum atomic E-state index is 12.4. The lowest BCUT2D eigenvalue weighted by molar-refractivity contribution is -0.153. The predicted molar refractivity (Wildman–Crippen MR) is 77.6 cm³/mol. The molecule has 23 heavy (non-hydrogen) atoms. The summed E-state index contributed by atoms with van der Waals surface area (Å²) in [6, 6.07) is 8.71. The first-order valence-corrected chi connectivity index (χ1v) is 6.73. The number of nitrogens with zero attached hydrogens (tertiary/aromatic N) is 1. The molecule has 4 nitrogen and oxygen atoms in total. The van der Waals surface area contributed by atoms with Gasteiger partial charge in [-0.1, -0.05) is 23.7 Å². The quantitative estimate of drug-likeness (QED) is 0.782. The summed E-state index contributed by atoms with van der Waals surface area (Å²) >= 11 is 5.79. The van der Waals surface area contributed by atoms with Crippen LogP contribution >= 0.6 is 11.6 Å². The van der Waals surface area contributed by atoms with Gasteiger partial charge in [-0.15, -0.1) is 0 Å².